The van der Waals surface area contributed by atoms with Crippen LogP contribution in [0.5, 0.6) is 0 Å². The molecule has 182 valence electrons. The van der Waals surface area contributed by atoms with Gasteiger partial charge >= 0.3 is 0 Å². The van der Waals surface area contributed by atoms with Crippen molar-refractivity contribution in [1.29, 1.82) is 0 Å². The quantitative estimate of drug-likeness (QED) is 0.222. The number of hydrogen-bond acceptors (Lipinski definition) is 1. The van der Waals surface area contributed by atoms with Gasteiger partial charge in [-0.05, 0) is 73.1 Å². The maximum absolute atomic E-state index is 6.15. The summed E-state index contributed by atoms with van der Waals surface area (Å²) in [5.74, 6) is 0. The lowest BCUT2D eigenvalue weighted by Crippen LogP contribution is -1.90. The Hall–Kier alpha value is -5.14. The van der Waals surface area contributed by atoms with Crippen molar-refractivity contribution in [2.45, 2.75) is 0 Å². The van der Waals surface area contributed by atoms with Crippen molar-refractivity contribution in [1.82, 2.24) is 0 Å². The normalized spacial score (nSPS) is 11.6. The molecule has 0 unspecified atom stereocenters. The number of rotatable bonds is 3. The lowest BCUT2D eigenvalue weighted by atomic mass is 9.86. The average molecular weight is 497 g/mol. The molecular weight excluding hydrogens is 472 g/mol. The van der Waals surface area contributed by atoms with Gasteiger partial charge in [0, 0.05) is 10.8 Å². The number of para-hydroxylation sites is 1. The van der Waals surface area contributed by atoms with Gasteiger partial charge in [-0.3, -0.25) is 0 Å². The van der Waals surface area contributed by atoms with Gasteiger partial charge in [-0.1, -0.05) is 127 Å². The van der Waals surface area contributed by atoms with Crippen LogP contribution in [0.4, 0.5) is 0 Å². The third-order valence-electron chi connectivity index (χ3n) is 7.88. The highest BCUT2D eigenvalue weighted by atomic mass is 16.3. The maximum atomic E-state index is 6.15. The average Bonchev–Trinajstić information content (AvgIpc) is 3.38. The topological polar surface area (TPSA) is 13.1 Å². The zero-order chi connectivity index (χ0) is 25.8. The second-order valence-electron chi connectivity index (χ2n) is 10.1. The van der Waals surface area contributed by atoms with E-state index in [0.717, 1.165) is 27.5 Å². The van der Waals surface area contributed by atoms with Crippen LogP contribution in [0.3, 0.4) is 0 Å². The second kappa shape index (κ2) is 8.72. The fourth-order valence-corrected chi connectivity index (χ4v) is 6.09. The molecular formula is C38H24O. The highest BCUT2D eigenvalue weighted by molar-refractivity contribution is 6.21. The van der Waals surface area contributed by atoms with E-state index in [1.54, 1.807) is 0 Å². The summed E-state index contributed by atoms with van der Waals surface area (Å²) in [5, 5.41) is 7.40. The van der Waals surface area contributed by atoms with E-state index in [-0.39, 0.29) is 0 Å². The van der Waals surface area contributed by atoms with Gasteiger partial charge in [0.05, 0.1) is 0 Å². The Morgan fingerprint density at radius 1 is 0.282 bits per heavy atom. The highest BCUT2D eigenvalue weighted by Gasteiger charge is 2.16. The third-order valence-corrected chi connectivity index (χ3v) is 7.88. The number of furan rings is 1. The van der Waals surface area contributed by atoms with E-state index in [9.17, 15) is 0 Å². The number of hydrogen-bond donors (Lipinski definition) is 0. The SMILES string of the molecule is c1ccc(-c2c3ccccc3c(-c3ccc(-c4ccc5c(c4)oc4ccccc45)cc3)c3ccccc23)cc1. The fraction of sp³-hybridized carbons (Fsp3) is 0. The van der Waals surface area contributed by atoms with E-state index in [1.165, 1.54) is 49.4 Å². The first-order valence-corrected chi connectivity index (χ1v) is 13.4. The van der Waals surface area contributed by atoms with Gasteiger partial charge in [0.2, 0.25) is 0 Å². The van der Waals surface area contributed by atoms with Crippen LogP contribution in [-0.2, 0) is 0 Å². The molecule has 0 N–H and O–H groups in total. The predicted molar refractivity (Wildman–Crippen MR) is 165 cm³/mol. The molecule has 0 saturated heterocycles. The summed E-state index contributed by atoms with van der Waals surface area (Å²) in [6.07, 6.45) is 0. The molecule has 0 radical (unpaired) electrons. The molecule has 1 aromatic heterocycles. The maximum Gasteiger partial charge on any atom is 0.136 e. The molecule has 0 aliphatic carbocycles. The lowest BCUT2D eigenvalue weighted by Gasteiger charge is -2.18. The van der Waals surface area contributed by atoms with Crippen LogP contribution in [-0.4, -0.2) is 0 Å². The minimum absolute atomic E-state index is 0.922. The van der Waals surface area contributed by atoms with Crippen LogP contribution in [0.15, 0.2) is 150 Å². The Bertz CT molecular complexity index is 2090. The Labute approximate surface area is 226 Å². The van der Waals surface area contributed by atoms with Crippen LogP contribution >= 0.6 is 0 Å². The molecule has 0 saturated carbocycles. The summed E-state index contributed by atoms with van der Waals surface area (Å²) in [6.45, 7) is 0. The van der Waals surface area contributed by atoms with E-state index >= 15 is 0 Å². The molecule has 0 aliphatic rings. The summed E-state index contributed by atoms with van der Waals surface area (Å²) in [4.78, 5) is 0. The first kappa shape index (κ1) is 21.9. The number of benzene rings is 7. The minimum Gasteiger partial charge on any atom is -0.456 e. The zero-order valence-corrected chi connectivity index (χ0v) is 21.3. The molecule has 8 rings (SSSR count). The van der Waals surface area contributed by atoms with Gasteiger partial charge in [0.15, 0.2) is 0 Å². The summed E-state index contributed by atoms with van der Waals surface area (Å²) < 4.78 is 6.15. The van der Waals surface area contributed by atoms with Crippen LogP contribution < -0.4 is 0 Å². The molecule has 1 heterocycles. The van der Waals surface area contributed by atoms with E-state index < -0.39 is 0 Å². The first-order chi connectivity index (χ1) is 19.3. The van der Waals surface area contributed by atoms with Crippen molar-refractivity contribution in [3.05, 3.63) is 146 Å². The molecule has 0 atom stereocenters. The van der Waals surface area contributed by atoms with Crippen molar-refractivity contribution in [2.24, 2.45) is 0 Å². The lowest BCUT2D eigenvalue weighted by molar-refractivity contribution is 0.669. The van der Waals surface area contributed by atoms with E-state index in [2.05, 4.69) is 133 Å². The highest BCUT2D eigenvalue weighted by Crippen LogP contribution is 2.43. The summed E-state index contributed by atoms with van der Waals surface area (Å²) in [5.41, 5.74) is 9.21. The fourth-order valence-electron chi connectivity index (χ4n) is 6.09. The monoisotopic (exact) mass is 496 g/mol. The standard InChI is InChI=1S/C38H24O/c1-2-10-26(11-3-1)37-31-13-4-6-15-33(31)38(34-16-7-5-14-32(34)37)27-20-18-25(19-21-27)28-22-23-30-29-12-8-9-17-35(29)39-36(30)24-28/h1-24H. The van der Waals surface area contributed by atoms with Crippen molar-refractivity contribution >= 4 is 43.5 Å². The second-order valence-corrected chi connectivity index (χ2v) is 10.1. The van der Waals surface area contributed by atoms with Crippen molar-refractivity contribution < 1.29 is 4.42 Å². The van der Waals surface area contributed by atoms with Crippen LogP contribution in [0.25, 0.3) is 76.9 Å². The van der Waals surface area contributed by atoms with Crippen LogP contribution in [0.2, 0.25) is 0 Å². The molecule has 0 amide bonds. The molecule has 8 aromatic rings. The summed E-state index contributed by atoms with van der Waals surface area (Å²) in [7, 11) is 0. The Morgan fingerprint density at radius 3 is 1.33 bits per heavy atom. The van der Waals surface area contributed by atoms with Gasteiger partial charge in [0.25, 0.3) is 0 Å². The smallest absolute Gasteiger partial charge is 0.136 e. The van der Waals surface area contributed by atoms with E-state index in [4.69, 9.17) is 4.42 Å². The largest absolute Gasteiger partial charge is 0.456 e. The minimum atomic E-state index is 0.922. The molecule has 0 aliphatic heterocycles. The summed E-state index contributed by atoms with van der Waals surface area (Å²) >= 11 is 0. The molecule has 7 aromatic carbocycles. The van der Waals surface area contributed by atoms with Gasteiger partial charge in [0.1, 0.15) is 11.2 Å². The molecule has 39 heavy (non-hydrogen) atoms. The van der Waals surface area contributed by atoms with Gasteiger partial charge in [-0.15, -0.1) is 0 Å². The first-order valence-electron chi connectivity index (χ1n) is 13.4. The predicted octanol–water partition coefficient (Wildman–Crippen LogP) is 10.9. The van der Waals surface area contributed by atoms with Crippen molar-refractivity contribution in [2.75, 3.05) is 0 Å². The van der Waals surface area contributed by atoms with Crippen LogP contribution in [0, 0.1) is 0 Å². The Morgan fingerprint density at radius 2 is 0.718 bits per heavy atom. The van der Waals surface area contributed by atoms with Gasteiger partial charge < -0.3 is 4.42 Å². The third kappa shape index (κ3) is 3.48. The number of fused-ring (bicyclic) bond motifs is 5. The molecule has 0 bridgehead atoms. The van der Waals surface area contributed by atoms with E-state index in [0.29, 0.717) is 0 Å². The van der Waals surface area contributed by atoms with Crippen LogP contribution in [0.1, 0.15) is 0 Å². The Kier molecular flexibility index (Phi) is 4.89. The van der Waals surface area contributed by atoms with Gasteiger partial charge in [-0.25, -0.2) is 0 Å². The Balaban J connectivity index is 1.30. The van der Waals surface area contributed by atoms with E-state index in [1.807, 2.05) is 12.1 Å². The zero-order valence-electron chi connectivity index (χ0n) is 21.3. The molecule has 1 heteroatoms. The van der Waals surface area contributed by atoms with Crippen molar-refractivity contribution in [3.8, 4) is 33.4 Å². The molecule has 0 fully saturated rings. The van der Waals surface area contributed by atoms with Gasteiger partial charge in [-0.2, -0.15) is 0 Å². The summed E-state index contributed by atoms with van der Waals surface area (Å²) in [6, 6.07) is 52.1. The molecule has 0 spiro atoms. The molecule has 1 nitrogen and oxygen atoms in total. The van der Waals surface area contributed by atoms with Crippen molar-refractivity contribution in [3.63, 3.8) is 0 Å².